The Morgan fingerprint density at radius 3 is 1.56 bits per heavy atom. The Morgan fingerprint density at radius 1 is 0.661 bits per heavy atom. The number of benzene rings is 2. The minimum absolute atomic E-state index is 0.0422. The summed E-state index contributed by atoms with van der Waals surface area (Å²) in [5, 5.41) is 40.7. The van der Waals surface area contributed by atoms with Gasteiger partial charge in [-0.05, 0) is 68.5 Å². The Balaban J connectivity index is 1.25. The number of nitrogens with zero attached hydrogens (tertiary/aromatic N) is 5. The molecule has 2 aromatic rings. The number of piperidine rings is 1. The molecule has 1 atom stereocenters. The van der Waals surface area contributed by atoms with Gasteiger partial charge in [-0.2, -0.15) is 0 Å². The van der Waals surface area contributed by atoms with Crippen molar-refractivity contribution in [3.8, 4) is 11.5 Å². The van der Waals surface area contributed by atoms with Crippen LogP contribution in [0.3, 0.4) is 0 Å². The second-order valence-corrected chi connectivity index (χ2v) is 17.6. The van der Waals surface area contributed by atoms with Crippen molar-refractivity contribution in [1.82, 2.24) is 35.3 Å². The second-order valence-electron chi connectivity index (χ2n) is 15.4. The molecule has 2 aromatic carbocycles. The largest absolute Gasteiger partial charge is 0.480 e. The van der Waals surface area contributed by atoms with Crippen molar-refractivity contribution in [2.45, 2.75) is 47.8 Å². The quantitative estimate of drug-likeness (QED) is 0.0517. The molecule has 0 unspecified atom stereocenters. The fourth-order valence-electron chi connectivity index (χ4n) is 7.46. The zero-order chi connectivity index (χ0) is 45.3. The Morgan fingerprint density at radius 2 is 1.11 bits per heavy atom. The van der Waals surface area contributed by atoms with E-state index in [0.29, 0.717) is 37.4 Å². The highest BCUT2D eigenvalue weighted by Gasteiger charge is 2.53. The van der Waals surface area contributed by atoms with Crippen LogP contribution in [0.25, 0.3) is 0 Å². The van der Waals surface area contributed by atoms with E-state index in [1.807, 2.05) is 11.0 Å². The van der Waals surface area contributed by atoms with Crippen LogP contribution in [0.5, 0.6) is 11.5 Å². The van der Waals surface area contributed by atoms with Crippen molar-refractivity contribution in [2.75, 3.05) is 98.2 Å². The molecule has 22 heteroatoms. The first kappa shape index (κ1) is 49.4. The zero-order valence-corrected chi connectivity index (χ0v) is 35.4. The van der Waals surface area contributed by atoms with Crippen LogP contribution >= 0.6 is 0 Å². The molecule has 342 valence electrons. The number of nitrogens with one attached hydrogen (secondary N) is 2. The van der Waals surface area contributed by atoms with E-state index in [1.165, 1.54) is 34.6 Å². The van der Waals surface area contributed by atoms with Crippen molar-refractivity contribution < 1.29 is 62.4 Å². The molecule has 2 aliphatic rings. The number of nitrogens with two attached hydrogens (primary N) is 1. The molecule has 0 bridgehead atoms. The number of carboxylic acids is 3. The molecule has 0 spiro atoms. The number of sulfone groups is 1. The van der Waals surface area contributed by atoms with Crippen LogP contribution in [-0.4, -0.2) is 198 Å². The van der Waals surface area contributed by atoms with E-state index in [-0.39, 0.29) is 115 Å². The van der Waals surface area contributed by atoms with Gasteiger partial charge in [0.15, 0.2) is 14.6 Å². The first-order chi connectivity index (χ1) is 29.5. The number of aliphatic carboxylic acids is 3. The summed E-state index contributed by atoms with van der Waals surface area (Å²) in [6.45, 7) is 1.34. The van der Waals surface area contributed by atoms with E-state index in [4.69, 9.17) is 10.5 Å². The van der Waals surface area contributed by atoms with Crippen molar-refractivity contribution >= 4 is 45.5 Å². The smallest absolute Gasteiger partial charge is 0.317 e. The molecule has 0 saturated carbocycles. The molecule has 0 aromatic heterocycles. The van der Waals surface area contributed by atoms with Crippen LogP contribution in [0.1, 0.15) is 32.1 Å². The number of likely N-dealkylation sites (tertiary alicyclic amines) is 1. The average Bonchev–Trinajstić information content (AvgIpc) is 3.23. The van der Waals surface area contributed by atoms with Crippen LogP contribution in [0.4, 0.5) is 0 Å². The molecule has 21 nitrogen and oxygen atoms in total. The number of rotatable bonds is 19. The zero-order valence-electron chi connectivity index (χ0n) is 34.6. The maximum atomic E-state index is 13.9. The number of hydrogen-bond donors (Lipinski definition) is 7. The normalized spacial score (nSPS) is 18.1. The topological polar surface area (TPSA) is 293 Å². The Bertz CT molecular complexity index is 1900. The lowest BCUT2D eigenvalue weighted by atomic mass is 9.94. The fourth-order valence-corrected chi connectivity index (χ4v) is 9.42. The monoisotopic (exact) mass is 890 g/mol. The molecular weight excluding hydrogens is 833 g/mol. The van der Waals surface area contributed by atoms with E-state index in [0.717, 1.165) is 0 Å². The number of carboxylic acid groups (broad SMARTS) is 3. The predicted octanol–water partition coefficient (Wildman–Crippen LogP) is -0.792. The van der Waals surface area contributed by atoms with Crippen LogP contribution in [0.2, 0.25) is 0 Å². The van der Waals surface area contributed by atoms with Gasteiger partial charge in [0.25, 0.3) is 5.91 Å². The molecule has 2 heterocycles. The predicted molar refractivity (Wildman–Crippen MR) is 222 cm³/mol. The molecule has 2 saturated heterocycles. The van der Waals surface area contributed by atoms with Crippen LogP contribution in [0.15, 0.2) is 59.5 Å². The van der Waals surface area contributed by atoms with Gasteiger partial charge in [-0.3, -0.25) is 53.6 Å². The minimum Gasteiger partial charge on any atom is -0.480 e. The van der Waals surface area contributed by atoms with Crippen LogP contribution < -0.4 is 21.3 Å². The van der Waals surface area contributed by atoms with Crippen molar-refractivity contribution in [3.63, 3.8) is 0 Å². The van der Waals surface area contributed by atoms with Gasteiger partial charge in [0.2, 0.25) is 11.8 Å². The summed E-state index contributed by atoms with van der Waals surface area (Å²) in [6, 6.07) is 13.5. The summed E-state index contributed by atoms with van der Waals surface area (Å²) in [5.41, 5.74) is 7.76. The lowest BCUT2D eigenvalue weighted by Crippen LogP contribution is -2.59. The summed E-state index contributed by atoms with van der Waals surface area (Å²) in [6.07, 6.45) is 0.634. The third kappa shape index (κ3) is 14.7. The summed E-state index contributed by atoms with van der Waals surface area (Å²) in [7, 11) is -4.36. The number of carbonyl (C=O) groups is 6. The van der Waals surface area contributed by atoms with Gasteiger partial charge < -0.3 is 36.0 Å². The number of hydroxylamine groups is 1. The van der Waals surface area contributed by atoms with E-state index in [1.54, 1.807) is 39.0 Å². The third-order valence-corrected chi connectivity index (χ3v) is 13.5. The van der Waals surface area contributed by atoms with Gasteiger partial charge in [-0.1, -0.05) is 18.2 Å². The van der Waals surface area contributed by atoms with Crippen LogP contribution in [0, 0.1) is 0 Å². The Hall–Kier alpha value is -5.23. The number of carbonyl (C=O) groups excluding carboxylic acids is 3. The molecule has 62 heavy (non-hydrogen) atoms. The summed E-state index contributed by atoms with van der Waals surface area (Å²) in [5.74, 6) is -4.06. The highest BCUT2D eigenvalue weighted by molar-refractivity contribution is 7.93. The SMILES string of the molecule is N[C@@H](CCCCNC(=O)CN1CCN(CC(=O)O)CCN(CC(=O)O)CCN(CC(=O)O)CC1)C(=O)N1CCC(C(=O)NO)(S(=O)(=O)c2ccc(Oc3ccccc3)cc2)CC1. The van der Waals surface area contributed by atoms with Crippen molar-refractivity contribution in [3.05, 3.63) is 54.6 Å². The number of hydrogen-bond acceptors (Lipinski definition) is 15. The fraction of sp³-hybridized carbons (Fsp3) is 0.550. The van der Waals surface area contributed by atoms with Crippen LogP contribution in [-0.2, 0) is 38.6 Å². The molecule has 3 amide bonds. The first-order valence-corrected chi connectivity index (χ1v) is 21.9. The standard InChI is InChI=1S/C40H58N8O13S/c41-33(38(56)48-16-13-40(14-17-48,39(57)43-58)62(59,60)32-11-9-31(10-12-32)61-30-6-2-1-3-7-30)8-4-5-15-42-34(49)26-44-18-20-45(27-35(50)51)22-24-47(29-37(54)55)25-23-46(21-19-44)28-36(52)53/h1-3,6-7,9-12,33,58H,4-5,8,13-29,41H2,(H,42,49)(H,43,57)(H,50,51)(H,52,53)(H,54,55)/t33-/m0/s1. The Kier molecular flexibility index (Phi) is 19.0. The lowest BCUT2D eigenvalue weighted by molar-refractivity contribution is -0.140. The molecule has 0 aliphatic carbocycles. The van der Waals surface area contributed by atoms with Gasteiger partial charge in [0, 0.05) is 72.0 Å². The van der Waals surface area contributed by atoms with Crippen molar-refractivity contribution in [1.29, 1.82) is 0 Å². The summed E-state index contributed by atoms with van der Waals surface area (Å²) >= 11 is 0. The van der Waals surface area contributed by atoms with E-state index < -0.39 is 50.3 Å². The molecule has 2 aliphatic heterocycles. The van der Waals surface area contributed by atoms with Gasteiger partial charge in [0.1, 0.15) is 11.5 Å². The highest BCUT2D eigenvalue weighted by Crippen LogP contribution is 2.37. The first-order valence-electron chi connectivity index (χ1n) is 20.4. The number of ether oxygens (including phenoxy) is 1. The maximum absolute atomic E-state index is 13.9. The molecule has 4 rings (SSSR count). The maximum Gasteiger partial charge on any atom is 0.317 e. The van der Waals surface area contributed by atoms with Gasteiger partial charge in [-0.25, -0.2) is 13.9 Å². The van der Waals surface area contributed by atoms with Gasteiger partial charge in [0.05, 0.1) is 37.1 Å². The highest BCUT2D eigenvalue weighted by atomic mass is 32.2. The van der Waals surface area contributed by atoms with Crippen molar-refractivity contribution in [2.24, 2.45) is 5.73 Å². The number of unbranched alkanes of at least 4 members (excludes halogenated alkanes) is 1. The number of para-hydroxylation sites is 1. The third-order valence-electron chi connectivity index (χ3n) is 11.0. The molecule has 2 fully saturated rings. The second kappa shape index (κ2) is 23.8. The summed E-state index contributed by atoms with van der Waals surface area (Å²) in [4.78, 5) is 81.9. The summed E-state index contributed by atoms with van der Waals surface area (Å²) < 4.78 is 31.6. The molecule has 0 radical (unpaired) electrons. The number of amides is 3. The lowest BCUT2D eigenvalue weighted by Gasteiger charge is -2.40. The Labute approximate surface area is 360 Å². The van der Waals surface area contributed by atoms with E-state index in [9.17, 15) is 57.7 Å². The average molecular weight is 891 g/mol. The van der Waals surface area contributed by atoms with Gasteiger partial charge in [-0.15, -0.1) is 0 Å². The minimum atomic E-state index is -4.36. The van der Waals surface area contributed by atoms with Gasteiger partial charge >= 0.3 is 17.9 Å². The molecule has 8 N–H and O–H groups in total. The van der Waals surface area contributed by atoms with E-state index in [2.05, 4.69) is 5.32 Å². The van der Waals surface area contributed by atoms with E-state index >= 15 is 0 Å². The molecular formula is C40H58N8O13S.